The Morgan fingerprint density at radius 1 is 1.25 bits per heavy atom. The van der Waals surface area contributed by atoms with E-state index in [0.717, 1.165) is 12.8 Å². The highest BCUT2D eigenvalue weighted by Gasteiger charge is 2.28. The minimum Gasteiger partial charge on any atom is -0.479 e. The number of amides is 2. The van der Waals surface area contributed by atoms with Gasteiger partial charge in [0.05, 0.1) is 5.02 Å². The molecule has 1 aromatic carbocycles. The van der Waals surface area contributed by atoms with E-state index in [0.29, 0.717) is 41.3 Å². The number of nitrogens with zero attached hydrogens (tertiary/aromatic N) is 1. The second kappa shape index (κ2) is 9.70. The molecule has 1 N–H and O–H groups in total. The van der Waals surface area contributed by atoms with Crippen molar-refractivity contribution in [3.8, 4) is 5.75 Å². The Balaban J connectivity index is 1.77. The van der Waals surface area contributed by atoms with Crippen LogP contribution in [0.4, 0.5) is 4.79 Å². The number of alkyl carbamates (subject to hydrolysis) is 1. The molecule has 8 heteroatoms. The number of carbonyl (C=O) groups is 2. The molecule has 0 bridgehead atoms. The lowest BCUT2D eigenvalue weighted by atomic mass is 9.96. The van der Waals surface area contributed by atoms with Gasteiger partial charge in [-0.1, -0.05) is 23.2 Å². The van der Waals surface area contributed by atoms with Gasteiger partial charge in [0.1, 0.15) is 11.4 Å². The van der Waals surface area contributed by atoms with Gasteiger partial charge in [0, 0.05) is 24.7 Å². The number of rotatable bonds is 5. The van der Waals surface area contributed by atoms with Crippen LogP contribution in [0, 0.1) is 5.92 Å². The van der Waals surface area contributed by atoms with Gasteiger partial charge in [-0.05, 0) is 64.7 Å². The third kappa shape index (κ3) is 7.06. The molecule has 1 unspecified atom stereocenters. The van der Waals surface area contributed by atoms with E-state index in [1.807, 2.05) is 20.8 Å². The van der Waals surface area contributed by atoms with Crippen molar-refractivity contribution in [2.45, 2.75) is 52.2 Å². The summed E-state index contributed by atoms with van der Waals surface area (Å²) in [5, 5.41) is 3.69. The van der Waals surface area contributed by atoms with Crippen LogP contribution in [0.3, 0.4) is 0 Å². The maximum atomic E-state index is 12.7. The van der Waals surface area contributed by atoms with Gasteiger partial charge in [-0.15, -0.1) is 0 Å². The molecule has 2 amide bonds. The number of ether oxygens (including phenoxy) is 2. The quantitative estimate of drug-likeness (QED) is 0.744. The van der Waals surface area contributed by atoms with Crippen molar-refractivity contribution in [1.82, 2.24) is 10.2 Å². The van der Waals surface area contributed by atoms with Crippen LogP contribution in [0.5, 0.6) is 5.75 Å². The van der Waals surface area contributed by atoms with E-state index >= 15 is 0 Å². The summed E-state index contributed by atoms with van der Waals surface area (Å²) in [5.41, 5.74) is -0.511. The van der Waals surface area contributed by atoms with E-state index in [9.17, 15) is 9.59 Å². The van der Waals surface area contributed by atoms with Gasteiger partial charge in [0.15, 0.2) is 6.10 Å². The zero-order chi connectivity index (χ0) is 20.9. The third-order valence-electron chi connectivity index (χ3n) is 4.41. The maximum Gasteiger partial charge on any atom is 0.407 e. The Morgan fingerprint density at radius 3 is 2.46 bits per heavy atom. The minimum absolute atomic E-state index is 0.0791. The highest BCUT2D eigenvalue weighted by molar-refractivity contribution is 6.35. The number of hydrogen-bond acceptors (Lipinski definition) is 4. The summed E-state index contributed by atoms with van der Waals surface area (Å²) in [6, 6.07) is 4.91. The average Bonchev–Trinajstić information content (AvgIpc) is 2.60. The van der Waals surface area contributed by atoms with Crippen molar-refractivity contribution in [2.75, 3.05) is 19.6 Å². The molecule has 0 aliphatic carbocycles. The van der Waals surface area contributed by atoms with Crippen LogP contribution in [0.25, 0.3) is 0 Å². The molecule has 1 aromatic rings. The summed E-state index contributed by atoms with van der Waals surface area (Å²) in [5.74, 6) is 0.673. The van der Waals surface area contributed by atoms with Gasteiger partial charge >= 0.3 is 6.09 Å². The van der Waals surface area contributed by atoms with Gasteiger partial charge in [-0.25, -0.2) is 4.79 Å². The molecule has 156 valence electrons. The molecule has 0 spiro atoms. The Morgan fingerprint density at radius 2 is 1.89 bits per heavy atom. The van der Waals surface area contributed by atoms with Crippen molar-refractivity contribution < 1.29 is 19.1 Å². The second-order valence-corrected chi connectivity index (χ2v) is 8.83. The zero-order valence-electron chi connectivity index (χ0n) is 16.8. The first-order valence-corrected chi connectivity index (χ1v) is 10.2. The maximum absolute atomic E-state index is 12.7. The predicted molar refractivity (Wildman–Crippen MR) is 110 cm³/mol. The Bertz CT molecular complexity index is 698. The van der Waals surface area contributed by atoms with Crippen LogP contribution in [0.2, 0.25) is 10.0 Å². The molecule has 1 fully saturated rings. The number of benzene rings is 1. The first kappa shape index (κ1) is 22.6. The molecule has 1 aliphatic rings. The van der Waals surface area contributed by atoms with Gasteiger partial charge < -0.3 is 19.7 Å². The highest BCUT2D eigenvalue weighted by Crippen LogP contribution is 2.28. The van der Waals surface area contributed by atoms with Gasteiger partial charge in [-0.2, -0.15) is 0 Å². The molecule has 6 nitrogen and oxygen atoms in total. The highest BCUT2D eigenvalue weighted by atomic mass is 35.5. The lowest BCUT2D eigenvalue weighted by Crippen LogP contribution is -2.46. The summed E-state index contributed by atoms with van der Waals surface area (Å²) in [7, 11) is 0. The summed E-state index contributed by atoms with van der Waals surface area (Å²) >= 11 is 12.0. The normalized spacial score (nSPS) is 16.4. The SMILES string of the molecule is CC(Oc1ccc(Cl)cc1Cl)C(=O)N1CCC(CNC(=O)OC(C)(C)C)CC1. The van der Waals surface area contributed by atoms with Gasteiger partial charge in [0.2, 0.25) is 0 Å². The van der Waals surface area contributed by atoms with Crippen LogP contribution in [-0.4, -0.2) is 48.2 Å². The average molecular weight is 431 g/mol. The molecule has 2 rings (SSSR count). The molecule has 28 heavy (non-hydrogen) atoms. The van der Waals surface area contributed by atoms with Crippen LogP contribution >= 0.6 is 23.2 Å². The van der Waals surface area contributed by atoms with E-state index < -0.39 is 17.8 Å². The predicted octanol–water partition coefficient (Wildman–Crippen LogP) is 4.52. The summed E-state index contributed by atoms with van der Waals surface area (Å²) < 4.78 is 11.0. The zero-order valence-corrected chi connectivity index (χ0v) is 18.3. The lowest BCUT2D eigenvalue weighted by molar-refractivity contribution is -0.139. The molecular weight excluding hydrogens is 403 g/mol. The van der Waals surface area contributed by atoms with E-state index in [1.54, 1.807) is 30.0 Å². The number of carbonyl (C=O) groups excluding carboxylic acids is 2. The molecule has 1 saturated heterocycles. The van der Waals surface area contributed by atoms with E-state index in [1.165, 1.54) is 0 Å². The number of likely N-dealkylation sites (tertiary alicyclic amines) is 1. The number of hydrogen-bond donors (Lipinski definition) is 1. The van der Waals surface area contributed by atoms with Crippen molar-refractivity contribution >= 4 is 35.2 Å². The van der Waals surface area contributed by atoms with Crippen LogP contribution in [0.15, 0.2) is 18.2 Å². The Hall–Kier alpha value is -1.66. The van der Waals surface area contributed by atoms with Gasteiger partial charge in [-0.3, -0.25) is 4.79 Å². The van der Waals surface area contributed by atoms with Crippen LogP contribution < -0.4 is 10.1 Å². The first-order chi connectivity index (χ1) is 13.0. The lowest BCUT2D eigenvalue weighted by Gasteiger charge is -2.33. The Labute approximate surface area is 176 Å². The van der Waals surface area contributed by atoms with E-state index in [-0.39, 0.29) is 5.91 Å². The van der Waals surface area contributed by atoms with E-state index in [4.69, 9.17) is 32.7 Å². The number of halogens is 2. The second-order valence-electron chi connectivity index (χ2n) is 7.99. The van der Waals surface area contributed by atoms with Gasteiger partial charge in [0.25, 0.3) is 5.91 Å². The standard InChI is InChI=1S/C20H28Cl2N2O4/c1-13(27-17-6-5-15(21)11-16(17)22)18(25)24-9-7-14(8-10-24)12-23-19(26)28-20(2,3)4/h5-6,11,13-14H,7-10,12H2,1-4H3,(H,23,26). The molecule has 1 atom stereocenters. The fourth-order valence-electron chi connectivity index (χ4n) is 2.97. The van der Waals surface area contributed by atoms with Crippen molar-refractivity contribution in [2.24, 2.45) is 5.92 Å². The molecule has 1 aliphatic heterocycles. The van der Waals surface area contributed by atoms with Crippen molar-refractivity contribution in [3.05, 3.63) is 28.2 Å². The summed E-state index contributed by atoms with van der Waals surface area (Å²) in [4.78, 5) is 26.2. The largest absolute Gasteiger partial charge is 0.479 e. The first-order valence-electron chi connectivity index (χ1n) is 9.42. The molecule has 0 saturated carbocycles. The monoisotopic (exact) mass is 430 g/mol. The molecule has 1 heterocycles. The van der Waals surface area contributed by atoms with Crippen LogP contribution in [0.1, 0.15) is 40.5 Å². The van der Waals surface area contributed by atoms with Crippen molar-refractivity contribution in [1.29, 1.82) is 0 Å². The summed E-state index contributed by atoms with van der Waals surface area (Å²) in [6.45, 7) is 9.00. The minimum atomic E-state index is -0.643. The van der Waals surface area contributed by atoms with Crippen molar-refractivity contribution in [3.63, 3.8) is 0 Å². The molecule has 0 radical (unpaired) electrons. The smallest absolute Gasteiger partial charge is 0.407 e. The topological polar surface area (TPSA) is 67.9 Å². The van der Waals surface area contributed by atoms with E-state index in [2.05, 4.69) is 5.32 Å². The summed E-state index contributed by atoms with van der Waals surface area (Å²) in [6.07, 6.45) is 0.578. The fourth-order valence-corrected chi connectivity index (χ4v) is 3.42. The Kier molecular flexibility index (Phi) is 7.84. The van der Waals surface area contributed by atoms with Crippen LogP contribution in [-0.2, 0) is 9.53 Å². The molecular formula is C20H28Cl2N2O4. The number of nitrogens with one attached hydrogen (secondary N) is 1. The molecule has 0 aromatic heterocycles. The number of piperidine rings is 1. The third-order valence-corrected chi connectivity index (χ3v) is 4.94. The fraction of sp³-hybridized carbons (Fsp3) is 0.600.